The maximum absolute atomic E-state index is 12.1. The van der Waals surface area contributed by atoms with Crippen LogP contribution in [0.1, 0.15) is 24.8 Å². The molecule has 0 spiro atoms. The van der Waals surface area contributed by atoms with E-state index < -0.39 is 5.60 Å². The van der Waals surface area contributed by atoms with E-state index in [4.69, 9.17) is 4.74 Å². The van der Waals surface area contributed by atoms with Crippen LogP contribution in [0.15, 0.2) is 36.4 Å². The number of hydrogen-bond acceptors (Lipinski definition) is 3. The fourth-order valence-corrected chi connectivity index (χ4v) is 2.86. The molecule has 1 aliphatic carbocycles. The largest absolute Gasteiger partial charge is 0.497 e. The van der Waals surface area contributed by atoms with Gasteiger partial charge in [-0.2, -0.15) is 0 Å². The Balaban J connectivity index is 1.73. The van der Waals surface area contributed by atoms with Crippen LogP contribution in [0.4, 0.5) is 0 Å². The summed E-state index contributed by atoms with van der Waals surface area (Å²) in [5.41, 5.74) is 0.284. The number of amides is 1. The Morgan fingerprint density at radius 1 is 1.32 bits per heavy atom. The van der Waals surface area contributed by atoms with Crippen molar-refractivity contribution in [1.29, 1.82) is 0 Å². The van der Waals surface area contributed by atoms with Crippen molar-refractivity contribution in [1.82, 2.24) is 5.32 Å². The molecule has 2 N–H and O–H groups in total. The van der Waals surface area contributed by atoms with Crippen molar-refractivity contribution in [3.05, 3.63) is 42.0 Å². The molecule has 2 aromatic carbocycles. The smallest absolute Gasteiger partial charge is 0.224 e. The third-order valence-electron chi connectivity index (χ3n) is 4.43. The number of rotatable bonds is 5. The van der Waals surface area contributed by atoms with Crippen LogP contribution in [-0.4, -0.2) is 30.3 Å². The van der Waals surface area contributed by atoms with Gasteiger partial charge in [0.2, 0.25) is 5.91 Å². The lowest BCUT2D eigenvalue weighted by molar-refractivity contribution is -0.122. The van der Waals surface area contributed by atoms with Gasteiger partial charge >= 0.3 is 0 Å². The first-order chi connectivity index (χ1) is 10.6. The average molecular weight is 299 g/mol. The maximum Gasteiger partial charge on any atom is 0.224 e. The summed E-state index contributed by atoms with van der Waals surface area (Å²) in [5, 5.41) is 15.0. The number of nitrogens with one attached hydrogen (secondary N) is 1. The van der Waals surface area contributed by atoms with Crippen LogP contribution < -0.4 is 10.1 Å². The molecule has 2 aromatic rings. The Kier molecular flexibility index (Phi) is 4.03. The number of methoxy groups -OCH3 is 1. The van der Waals surface area contributed by atoms with Gasteiger partial charge in [0, 0.05) is 6.54 Å². The van der Waals surface area contributed by atoms with Crippen LogP contribution in [0.3, 0.4) is 0 Å². The van der Waals surface area contributed by atoms with Gasteiger partial charge in [-0.05, 0) is 47.7 Å². The molecular formula is C18H21NO3. The molecule has 0 atom stereocenters. The lowest BCUT2D eigenvalue weighted by Crippen LogP contribution is -2.48. The monoisotopic (exact) mass is 299 g/mol. The fraction of sp³-hybridized carbons (Fsp3) is 0.389. The molecule has 3 rings (SSSR count). The summed E-state index contributed by atoms with van der Waals surface area (Å²) >= 11 is 0. The second-order valence-electron chi connectivity index (χ2n) is 6.04. The summed E-state index contributed by atoms with van der Waals surface area (Å²) < 4.78 is 5.26. The van der Waals surface area contributed by atoms with E-state index in [2.05, 4.69) is 5.32 Å². The highest BCUT2D eigenvalue weighted by atomic mass is 16.5. The normalized spacial score (nSPS) is 16.1. The second kappa shape index (κ2) is 5.97. The number of benzene rings is 2. The van der Waals surface area contributed by atoms with Crippen LogP contribution in [0, 0.1) is 0 Å². The Bertz CT molecular complexity index is 692. The zero-order chi connectivity index (χ0) is 15.6. The average Bonchev–Trinajstić information content (AvgIpc) is 2.51. The molecule has 22 heavy (non-hydrogen) atoms. The molecule has 1 aliphatic rings. The molecule has 0 aromatic heterocycles. The van der Waals surface area contributed by atoms with Crippen LogP contribution >= 0.6 is 0 Å². The number of fused-ring (bicyclic) bond motifs is 1. The minimum atomic E-state index is -0.683. The summed E-state index contributed by atoms with van der Waals surface area (Å²) in [6, 6.07) is 11.8. The molecule has 0 heterocycles. The quantitative estimate of drug-likeness (QED) is 0.891. The topological polar surface area (TPSA) is 58.6 Å². The molecule has 0 aliphatic heterocycles. The van der Waals surface area contributed by atoms with Crippen molar-refractivity contribution in [3.63, 3.8) is 0 Å². The number of aliphatic hydroxyl groups is 1. The molecule has 4 heteroatoms. The van der Waals surface area contributed by atoms with Crippen LogP contribution in [0.5, 0.6) is 5.75 Å². The van der Waals surface area contributed by atoms with Gasteiger partial charge in [0.25, 0.3) is 0 Å². The lowest BCUT2D eigenvalue weighted by atomic mass is 9.80. The summed E-state index contributed by atoms with van der Waals surface area (Å²) in [4.78, 5) is 12.1. The van der Waals surface area contributed by atoms with Crippen molar-refractivity contribution in [2.45, 2.75) is 31.3 Å². The Hall–Kier alpha value is -2.07. The molecule has 0 saturated heterocycles. The van der Waals surface area contributed by atoms with Gasteiger partial charge in [-0.25, -0.2) is 0 Å². The maximum atomic E-state index is 12.1. The Morgan fingerprint density at radius 2 is 2.14 bits per heavy atom. The minimum Gasteiger partial charge on any atom is -0.497 e. The first-order valence-electron chi connectivity index (χ1n) is 7.64. The van der Waals surface area contributed by atoms with Gasteiger partial charge in [0.05, 0.1) is 19.1 Å². The minimum absolute atomic E-state index is 0.0596. The Labute approximate surface area is 130 Å². The first kappa shape index (κ1) is 14.9. The highest BCUT2D eigenvalue weighted by molar-refractivity contribution is 5.91. The van der Waals surface area contributed by atoms with Gasteiger partial charge in [0.1, 0.15) is 5.75 Å². The predicted molar refractivity (Wildman–Crippen MR) is 86.0 cm³/mol. The number of ether oxygens (including phenoxy) is 1. The summed E-state index contributed by atoms with van der Waals surface area (Å²) in [6.45, 7) is 0.347. The van der Waals surface area contributed by atoms with Gasteiger partial charge < -0.3 is 15.2 Å². The predicted octanol–water partition coefficient (Wildman–Crippen LogP) is 2.42. The molecule has 0 bridgehead atoms. The summed E-state index contributed by atoms with van der Waals surface area (Å²) in [7, 11) is 1.63. The molecule has 0 radical (unpaired) electrons. The molecule has 1 saturated carbocycles. The fourth-order valence-electron chi connectivity index (χ4n) is 2.86. The van der Waals surface area contributed by atoms with Crippen LogP contribution in [0.25, 0.3) is 10.8 Å². The van der Waals surface area contributed by atoms with Gasteiger partial charge in [-0.15, -0.1) is 0 Å². The standard InChI is InChI=1S/C18H21NO3/c1-22-15-7-6-13-4-2-5-14(16(13)11-15)10-17(20)19-12-18(21)8-3-9-18/h2,4-7,11,21H,3,8-10,12H2,1H3,(H,19,20). The highest BCUT2D eigenvalue weighted by Gasteiger charge is 2.34. The van der Waals surface area contributed by atoms with E-state index in [1.807, 2.05) is 36.4 Å². The highest BCUT2D eigenvalue weighted by Crippen LogP contribution is 2.30. The van der Waals surface area contributed by atoms with Crippen molar-refractivity contribution < 1.29 is 14.6 Å². The van der Waals surface area contributed by atoms with Gasteiger partial charge in [-0.1, -0.05) is 24.3 Å². The zero-order valence-corrected chi connectivity index (χ0v) is 12.8. The van der Waals surface area contributed by atoms with E-state index >= 15 is 0 Å². The van der Waals surface area contributed by atoms with Crippen molar-refractivity contribution in [3.8, 4) is 5.75 Å². The molecular weight excluding hydrogens is 278 g/mol. The molecule has 4 nitrogen and oxygen atoms in total. The van der Waals surface area contributed by atoms with Gasteiger partial charge in [-0.3, -0.25) is 4.79 Å². The number of carbonyl (C=O) groups is 1. The van der Waals surface area contributed by atoms with Crippen molar-refractivity contribution >= 4 is 16.7 Å². The van der Waals surface area contributed by atoms with Gasteiger partial charge in [0.15, 0.2) is 0 Å². The first-order valence-corrected chi connectivity index (χ1v) is 7.64. The summed E-state index contributed by atoms with van der Waals surface area (Å²) in [6.07, 6.45) is 2.90. The third kappa shape index (κ3) is 3.07. The zero-order valence-electron chi connectivity index (χ0n) is 12.8. The van der Waals surface area contributed by atoms with Crippen LogP contribution in [-0.2, 0) is 11.2 Å². The van der Waals surface area contributed by atoms with E-state index in [1.165, 1.54) is 0 Å². The van der Waals surface area contributed by atoms with Crippen molar-refractivity contribution in [2.75, 3.05) is 13.7 Å². The SMILES string of the molecule is COc1ccc2cccc(CC(=O)NCC3(O)CCC3)c2c1. The second-order valence-corrected chi connectivity index (χ2v) is 6.04. The number of carbonyl (C=O) groups excluding carboxylic acids is 1. The van der Waals surface area contributed by atoms with Crippen molar-refractivity contribution in [2.24, 2.45) is 0 Å². The summed E-state index contributed by atoms with van der Waals surface area (Å²) in [5.74, 6) is 0.722. The molecule has 1 fully saturated rings. The Morgan fingerprint density at radius 3 is 2.82 bits per heavy atom. The number of hydrogen-bond donors (Lipinski definition) is 2. The molecule has 0 unspecified atom stereocenters. The molecule has 116 valence electrons. The van der Waals surface area contributed by atoms with Crippen LogP contribution in [0.2, 0.25) is 0 Å². The van der Waals surface area contributed by atoms with E-state index in [0.29, 0.717) is 13.0 Å². The van der Waals surface area contributed by atoms with E-state index in [-0.39, 0.29) is 5.91 Å². The van der Waals surface area contributed by atoms with E-state index in [9.17, 15) is 9.90 Å². The van der Waals surface area contributed by atoms with E-state index in [0.717, 1.165) is 41.3 Å². The van der Waals surface area contributed by atoms with E-state index in [1.54, 1.807) is 7.11 Å². The lowest BCUT2D eigenvalue weighted by Gasteiger charge is -2.36. The third-order valence-corrected chi connectivity index (χ3v) is 4.43. The molecule has 1 amide bonds.